The monoisotopic (exact) mass is 176 g/mol. The van der Waals surface area contributed by atoms with Crippen LogP contribution in [0.2, 0.25) is 0 Å². The van der Waals surface area contributed by atoms with Crippen molar-refractivity contribution in [1.82, 2.24) is 0 Å². The van der Waals surface area contributed by atoms with Gasteiger partial charge in [0.1, 0.15) is 6.54 Å². The molecule has 0 bridgehead atoms. The van der Waals surface area contributed by atoms with Crippen molar-refractivity contribution in [1.29, 1.82) is 0 Å². The van der Waals surface area contributed by atoms with Crippen molar-refractivity contribution in [3.8, 4) is 0 Å². The topological polar surface area (TPSA) is 75.7 Å². The van der Waals surface area contributed by atoms with E-state index >= 15 is 0 Å². The van der Waals surface area contributed by atoms with E-state index in [-0.39, 0.29) is 12.5 Å². The van der Waals surface area contributed by atoms with E-state index < -0.39 is 5.97 Å². The van der Waals surface area contributed by atoms with Crippen LogP contribution in [0.1, 0.15) is 6.92 Å². The van der Waals surface area contributed by atoms with Crippen LogP contribution >= 0.6 is 12.6 Å². The minimum absolute atomic E-state index is 0.0395. The van der Waals surface area contributed by atoms with Crippen molar-refractivity contribution in [2.75, 3.05) is 12.3 Å². The zero-order chi connectivity index (χ0) is 8.85. The fourth-order valence-corrected chi connectivity index (χ4v) is 0.595. The number of nitrogens with two attached hydrogens (primary N) is 1. The van der Waals surface area contributed by atoms with Gasteiger partial charge in [0.2, 0.25) is 0 Å². The number of carbonyl (C=O) groups is 1. The number of thiol groups is 1. The van der Waals surface area contributed by atoms with Gasteiger partial charge < -0.3 is 10.8 Å². The van der Waals surface area contributed by atoms with Crippen molar-refractivity contribution in [2.24, 2.45) is 16.6 Å². The molecule has 0 saturated heterocycles. The molecule has 11 heavy (non-hydrogen) atoms. The molecule has 0 radical (unpaired) electrons. The molecule has 0 aromatic carbocycles. The fourth-order valence-electron chi connectivity index (χ4n) is 0.408. The lowest BCUT2D eigenvalue weighted by Crippen LogP contribution is -2.23. The number of amidine groups is 1. The molecule has 1 unspecified atom stereocenters. The predicted molar refractivity (Wildman–Crippen MR) is 47.1 cm³/mol. The Bertz CT molecular complexity index is 170. The number of hydrogen-bond acceptors (Lipinski definition) is 3. The van der Waals surface area contributed by atoms with E-state index in [2.05, 4.69) is 17.6 Å². The maximum atomic E-state index is 10.0. The first-order valence-corrected chi connectivity index (χ1v) is 3.83. The summed E-state index contributed by atoms with van der Waals surface area (Å²) in [4.78, 5) is 13.7. The van der Waals surface area contributed by atoms with Crippen LogP contribution in [-0.4, -0.2) is 29.2 Å². The number of carboxylic acid groups (broad SMARTS) is 1. The average molecular weight is 176 g/mol. The van der Waals surface area contributed by atoms with Gasteiger partial charge in [0.05, 0.1) is 5.84 Å². The van der Waals surface area contributed by atoms with Crippen LogP contribution < -0.4 is 5.73 Å². The summed E-state index contributed by atoms with van der Waals surface area (Å²) < 4.78 is 0. The maximum Gasteiger partial charge on any atom is 0.325 e. The van der Waals surface area contributed by atoms with Gasteiger partial charge in [-0.25, -0.2) is 0 Å². The van der Waals surface area contributed by atoms with E-state index in [9.17, 15) is 4.79 Å². The van der Waals surface area contributed by atoms with Crippen LogP contribution in [0, 0.1) is 5.92 Å². The third-order valence-corrected chi connectivity index (χ3v) is 1.72. The van der Waals surface area contributed by atoms with Crippen molar-refractivity contribution >= 4 is 24.4 Å². The van der Waals surface area contributed by atoms with Gasteiger partial charge in [-0.05, 0) is 5.75 Å². The van der Waals surface area contributed by atoms with Gasteiger partial charge in [-0.3, -0.25) is 9.79 Å². The number of carboxylic acids is 1. The Kier molecular flexibility index (Phi) is 4.69. The maximum absolute atomic E-state index is 10.0. The highest BCUT2D eigenvalue weighted by Crippen LogP contribution is 1.96. The van der Waals surface area contributed by atoms with Crippen LogP contribution in [0.15, 0.2) is 4.99 Å². The molecule has 64 valence electrons. The Morgan fingerprint density at radius 3 is 2.73 bits per heavy atom. The quantitative estimate of drug-likeness (QED) is 0.320. The molecule has 0 aliphatic heterocycles. The summed E-state index contributed by atoms with van der Waals surface area (Å²) in [5, 5.41) is 8.24. The lowest BCUT2D eigenvalue weighted by Gasteiger charge is -2.05. The zero-order valence-electron chi connectivity index (χ0n) is 6.32. The minimum Gasteiger partial charge on any atom is -0.480 e. The van der Waals surface area contributed by atoms with E-state index in [1.54, 1.807) is 0 Å². The van der Waals surface area contributed by atoms with Crippen LogP contribution in [0.4, 0.5) is 0 Å². The number of aliphatic carboxylic acids is 1. The first-order valence-electron chi connectivity index (χ1n) is 3.20. The van der Waals surface area contributed by atoms with Gasteiger partial charge in [0, 0.05) is 5.92 Å². The molecule has 0 aliphatic rings. The highest BCUT2D eigenvalue weighted by Gasteiger charge is 2.03. The molecule has 0 rings (SSSR count). The second-order valence-corrected chi connectivity index (χ2v) is 2.58. The third kappa shape index (κ3) is 4.66. The van der Waals surface area contributed by atoms with Gasteiger partial charge in [-0.15, -0.1) is 0 Å². The molecule has 0 heterocycles. The van der Waals surface area contributed by atoms with Crippen LogP contribution in [0.25, 0.3) is 0 Å². The summed E-state index contributed by atoms with van der Waals surface area (Å²) in [6, 6.07) is 0. The largest absolute Gasteiger partial charge is 0.480 e. The Morgan fingerprint density at radius 1 is 1.82 bits per heavy atom. The molecular weight excluding hydrogens is 164 g/mol. The van der Waals surface area contributed by atoms with Gasteiger partial charge in [-0.2, -0.15) is 12.6 Å². The summed E-state index contributed by atoms with van der Waals surface area (Å²) in [7, 11) is 0. The number of aliphatic imine (C=N–C) groups is 1. The molecular formula is C6H12N2O2S. The van der Waals surface area contributed by atoms with E-state index in [1.807, 2.05) is 6.92 Å². The number of nitrogens with zero attached hydrogens (tertiary/aromatic N) is 1. The molecule has 5 heteroatoms. The highest BCUT2D eigenvalue weighted by molar-refractivity contribution is 7.80. The molecule has 0 saturated carbocycles. The van der Waals surface area contributed by atoms with Crippen LogP contribution in [0.5, 0.6) is 0 Å². The third-order valence-electron chi connectivity index (χ3n) is 1.18. The van der Waals surface area contributed by atoms with Crippen molar-refractivity contribution < 1.29 is 9.90 Å². The van der Waals surface area contributed by atoms with Crippen LogP contribution in [0.3, 0.4) is 0 Å². The van der Waals surface area contributed by atoms with Gasteiger partial charge in [0.15, 0.2) is 0 Å². The van der Waals surface area contributed by atoms with Crippen LogP contribution in [-0.2, 0) is 4.79 Å². The molecule has 0 amide bonds. The van der Waals surface area contributed by atoms with E-state index in [1.165, 1.54) is 0 Å². The lowest BCUT2D eigenvalue weighted by molar-refractivity contribution is -0.135. The molecule has 0 aromatic heterocycles. The van der Waals surface area contributed by atoms with E-state index in [4.69, 9.17) is 10.8 Å². The molecule has 4 nitrogen and oxygen atoms in total. The molecule has 0 fully saturated rings. The first kappa shape index (κ1) is 10.3. The smallest absolute Gasteiger partial charge is 0.325 e. The first-order chi connectivity index (χ1) is 5.07. The zero-order valence-corrected chi connectivity index (χ0v) is 7.21. The van der Waals surface area contributed by atoms with Gasteiger partial charge in [0.25, 0.3) is 0 Å². The number of hydrogen-bond donors (Lipinski definition) is 3. The van der Waals surface area contributed by atoms with Gasteiger partial charge in [-0.1, -0.05) is 6.92 Å². The predicted octanol–water partition coefficient (Wildman–Crippen LogP) is -0.00590. The average Bonchev–Trinajstić information content (AvgIpc) is 1.98. The standard InChI is InChI=1S/C6H12N2O2S/c1-4(3-11)6(7)8-2-5(9)10/h4,11H,2-3H2,1H3,(H2,7,8)(H,9,10). The summed E-state index contributed by atoms with van der Waals surface area (Å²) in [5.74, 6) is -0.00557. The van der Waals surface area contributed by atoms with Crippen molar-refractivity contribution in [3.05, 3.63) is 0 Å². The van der Waals surface area contributed by atoms with Gasteiger partial charge >= 0.3 is 5.97 Å². The van der Waals surface area contributed by atoms with Crippen molar-refractivity contribution in [3.63, 3.8) is 0 Å². The fraction of sp³-hybridized carbons (Fsp3) is 0.667. The summed E-state index contributed by atoms with van der Waals surface area (Å²) >= 11 is 3.99. The molecule has 0 aliphatic carbocycles. The highest BCUT2D eigenvalue weighted by atomic mass is 32.1. The summed E-state index contributed by atoms with van der Waals surface area (Å²) in [6.45, 7) is 1.58. The molecule has 3 N–H and O–H groups in total. The van der Waals surface area contributed by atoms with E-state index in [0.717, 1.165) is 0 Å². The Morgan fingerprint density at radius 2 is 2.36 bits per heavy atom. The molecule has 0 aromatic rings. The van der Waals surface area contributed by atoms with E-state index in [0.29, 0.717) is 11.6 Å². The minimum atomic E-state index is -0.973. The Hall–Kier alpha value is -0.710. The number of rotatable bonds is 4. The Balaban J connectivity index is 3.89. The SMILES string of the molecule is CC(CS)C(N)=NCC(=O)O. The summed E-state index contributed by atoms with van der Waals surface area (Å²) in [6.07, 6.45) is 0. The second kappa shape index (κ2) is 5.01. The summed E-state index contributed by atoms with van der Waals surface area (Å²) in [5.41, 5.74) is 5.41. The molecule has 0 spiro atoms. The second-order valence-electron chi connectivity index (χ2n) is 2.22. The molecule has 1 atom stereocenters. The Labute approximate surface area is 70.9 Å². The lowest BCUT2D eigenvalue weighted by atomic mass is 10.2. The van der Waals surface area contributed by atoms with Crippen molar-refractivity contribution in [2.45, 2.75) is 6.92 Å². The normalized spacial score (nSPS) is 14.5.